The Labute approximate surface area is 202 Å². The van der Waals surface area contributed by atoms with Gasteiger partial charge < -0.3 is 14.5 Å². The van der Waals surface area contributed by atoms with Gasteiger partial charge in [-0.25, -0.2) is 14.6 Å². The van der Waals surface area contributed by atoms with Gasteiger partial charge in [0.15, 0.2) is 6.10 Å². The van der Waals surface area contributed by atoms with Gasteiger partial charge in [-0.15, -0.1) is 0 Å². The third kappa shape index (κ3) is 4.62. The summed E-state index contributed by atoms with van der Waals surface area (Å²) < 4.78 is 12.2. The lowest BCUT2D eigenvalue weighted by atomic mass is 10.1. The normalized spacial score (nSPS) is 14.2. The van der Waals surface area contributed by atoms with Gasteiger partial charge in [-0.05, 0) is 64.3 Å². The summed E-state index contributed by atoms with van der Waals surface area (Å²) in [5.41, 5.74) is 1.99. The molecule has 0 fully saturated rings. The number of H-pyrrole nitrogens is 1. The summed E-state index contributed by atoms with van der Waals surface area (Å²) in [6.45, 7) is 7.38. The first-order valence-corrected chi connectivity index (χ1v) is 11.9. The second kappa shape index (κ2) is 9.85. The topological polar surface area (TPSA) is 120 Å². The van der Waals surface area contributed by atoms with E-state index in [0.29, 0.717) is 40.7 Å². The highest BCUT2D eigenvalue weighted by molar-refractivity contribution is 6.04. The number of fused-ring (bicyclic) bond motifs is 2. The number of ether oxygens (including phenoxy) is 2. The Kier molecular flexibility index (Phi) is 6.86. The number of carbonyl (C=O) groups excluding carboxylic acids is 3. The predicted octanol–water partition coefficient (Wildman–Crippen LogP) is 3.67. The molecule has 1 aromatic carbocycles. The van der Waals surface area contributed by atoms with E-state index >= 15 is 0 Å². The van der Waals surface area contributed by atoms with Crippen LogP contribution in [0.2, 0.25) is 0 Å². The minimum absolute atomic E-state index is 0.106. The number of nitrogens with zero attached hydrogens (tertiary/aromatic N) is 2. The van der Waals surface area contributed by atoms with E-state index < -0.39 is 23.8 Å². The van der Waals surface area contributed by atoms with Gasteiger partial charge in [0.05, 0.1) is 34.3 Å². The molecule has 0 saturated carbocycles. The highest BCUT2D eigenvalue weighted by Gasteiger charge is 2.28. The Bertz CT molecular complexity index is 1380. The Hall–Kier alpha value is -3.75. The summed E-state index contributed by atoms with van der Waals surface area (Å²) in [6, 6.07) is 4.62. The van der Waals surface area contributed by atoms with E-state index in [1.807, 2.05) is 0 Å². The molecule has 0 saturated heterocycles. The van der Waals surface area contributed by atoms with Crippen molar-refractivity contribution >= 4 is 28.6 Å². The van der Waals surface area contributed by atoms with E-state index in [4.69, 9.17) is 9.47 Å². The molecule has 4 rings (SSSR count). The van der Waals surface area contributed by atoms with E-state index in [9.17, 15) is 19.2 Å². The summed E-state index contributed by atoms with van der Waals surface area (Å²) in [6.07, 6.45) is 2.57. The Morgan fingerprint density at radius 2 is 1.91 bits per heavy atom. The van der Waals surface area contributed by atoms with Crippen molar-refractivity contribution < 1.29 is 23.9 Å². The van der Waals surface area contributed by atoms with Gasteiger partial charge in [0, 0.05) is 18.7 Å². The molecule has 0 spiro atoms. The summed E-state index contributed by atoms with van der Waals surface area (Å²) in [7, 11) is 0. The van der Waals surface area contributed by atoms with E-state index in [2.05, 4.69) is 9.97 Å². The summed E-state index contributed by atoms with van der Waals surface area (Å²) in [5, 5.41) is 0.445. The molecule has 9 heteroatoms. The molecular formula is C26H29N3O6. The molecule has 0 amide bonds. The minimum Gasteiger partial charge on any atom is -0.462 e. The van der Waals surface area contributed by atoms with E-state index in [0.717, 1.165) is 25.1 Å². The number of aromatic nitrogens is 3. The number of Topliss-reactive ketones (excluding diaryl/α,β-unsaturated/α-hetero) is 1. The number of aromatic amines is 1. The van der Waals surface area contributed by atoms with Gasteiger partial charge in [-0.3, -0.25) is 14.2 Å². The first-order valence-electron chi connectivity index (χ1n) is 11.9. The number of aryl methyl sites for hydroxylation is 2. The number of hydrogen-bond donors (Lipinski definition) is 1. The number of ketones is 1. The molecular weight excluding hydrogens is 450 g/mol. The summed E-state index contributed by atoms with van der Waals surface area (Å²) >= 11 is 0. The summed E-state index contributed by atoms with van der Waals surface area (Å²) in [4.78, 5) is 58.5. The molecule has 1 atom stereocenters. The maximum absolute atomic E-state index is 13.0. The SMILES string of the molecule is CCOC(=O)c1c(C)[nH]c(C(=O)[C@H](C)OC(=O)c2ccc3c(=O)n4c(nc3c2)CCCCC4)c1C. The summed E-state index contributed by atoms with van der Waals surface area (Å²) in [5.74, 6) is -0.947. The second-order valence-electron chi connectivity index (χ2n) is 8.78. The van der Waals surface area contributed by atoms with Crippen LogP contribution in [0, 0.1) is 13.8 Å². The van der Waals surface area contributed by atoms with Crippen molar-refractivity contribution in [3.8, 4) is 0 Å². The van der Waals surface area contributed by atoms with Gasteiger partial charge in [-0.2, -0.15) is 0 Å². The van der Waals surface area contributed by atoms with Crippen LogP contribution in [-0.2, 0) is 22.4 Å². The van der Waals surface area contributed by atoms with Gasteiger partial charge in [0.1, 0.15) is 5.82 Å². The highest BCUT2D eigenvalue weighted by Crippen LogP contribution is 2.22. The molecule has 3 aromatic rings. The number of hydrogen-bond acceptors (Lipinski definition) is 7. The van der Waals surface area contributed by atoms with E-state index in [1.54, 1.807) is 31.4 Å². The van der Waals surface area contributed by atoms with Crippen molar-refractivity contribution in [2.75, 3.05) is 6.61 Å². The molecule has 184 valence electrons. The fourth-order valence-electron chi connectivity index (χ4n) is 4.54. The molecule has 9 nitrogen and oxygen atoms in total. The molecule has 0 radical (unpaired) electrons. The van der Waals surface area contributed by atoms with Crippen LogP contribution in [0.3, 0.4) is 0 Å². The van der Waals surface area contributed by atoms with Crippen molar-refractivity contribution in [2.24, 2.45) is 0 Å². The van der Waals surface area contributed by atoms with Crippen molar-refractivity contribution in [2.45, 2.75) is 66.0 Å². The van der Waals surface area contributed by atoms with Crippen LogP contribution in [0.5, 0.6) is 0 Å². The van der Waals surface area contributed by atoms with Crippen LogP contribution in [0.25, 0.3) is 10.9 Å². The van der Waals surface area contributed by atoms with E-state index in [-0.39, 0.29) is 23.4 Å². The average molecular weight is 480 g/mol. The van der Waals surface area contributed by atoms with Crippen LogP contribution in [0.15, 0.2) is 23.0 Å². The van der Waals surface area contributed by atoms with Gasteiger partial charge in [0.2, 0.25) is 5.78 Å². The van der Waals surface area contributed by atoms with Crippen molar-refractivity contribution in [1.82, 2.24) is 14.5 Å². The second-order valence-corrected chi connectivity index (χ2v) is 8.78. The number of esters is 2. The number of rotatable bonds is 6. The van der Waals surface area contributed by atoms with Crippen LogP contribution < -0.4 is 5.56 Å². The van der Waals surface area contributed by atoms with Gasteiger partial charge in [-0.1, -0.05) is 6.42 Å². The van der Waals surface area contributed by atoms with Crippen LogP contribution in [0.1, 0.15) is 81.4 Å². The smallest absolute Gasteiger partial charge is 0.340 e. The zero-order valence-electron chi connectivity index (χ0n) is 20.4. The monoisotopic (exact) mass is 479 g/mol. The first kappa shape index (κ1) is 24.4. The van der Waals surface area contributed by atoms with Gasteiger partial charge in [0.25, 0.3) is 5.56 Å². The van der Waals surface area contributed by atoms with Crippen molar-refractivity contribution in [3.05, 3.63) is 62.5 Å². The lowest BCUT2D eigenvalue weighted by Crippen LogP contribution is -2.26. The third-order valence-corrected chi connectivity index (χ3v) is 6.37. The Morgan fingerprint density at radius 1 is 1.14 bits per heavy atom. The third-order valence-electron chi connectivity index (χ3n) is 6.37. The fourth-order valence-corrected chi connectivity index (χ4v) is 4.54. The molecule has 1 N–H and O–H groups in total. The Balaban J connectivity index is 1.56. The Morgan fingerprint density at radius 3 is 2.66 bits per heavy atom. The molecule has 0 aliphatic carbocycles. The van der Waals surface area contributed by atoms with Crippen LogP contribution >= 0.6 is 0 Å². The largest absolute Gasteiger partial charge is 0.462 e. The molecule has 35 heavy (non-hydrogen) atoms. The number of benzene rings is 1. The first-order chi connectivity index (χ1) is 16.7. The molecule has 2 aromatic heterocycles. The standard InChI is InChI=1S/C26H29N3O6/c1-5-34-26(33)21-14(2)22(27-15(21)3)23(30)16(4)35-25(32)17-10-11-18-19(13-17)28-20-9-7-6-8-12-29(20)24(18)31/h10-11,13,16,27H,5-9,12H2,1-4H3/t16-/m0/s1. The average Bonchev–Trinajstić information content (AvgIpc) is 2.98. The maximum atomic E-state index is 13.0. The fraction of sp³-hybridized carbons (Fsp3) is 0.423. The quantitative estimate of drug-likeness (QED) is 0.423. The zero-order valence-corrected chi connectivity index (χ0v) is 20.4. The molecule has 3 heterocycles. The van der Waals surface area contributed by atoms with Crippen molar-refractivity contribution in [1.29, 1.82) is 0 Å². The lowest BCUT2D eigenvalue weighted by Gasteiger charge is -2.13. The predicted molar refractivity (Wildman–Crippen MR) is 129 cm³/mol. The number of nitrogens with one attached hydrogen (secondary N) is 1. The lowest BCUT2D eigenvalue weighted by molar-refractivity contribution is 0.0316. The van der Waals surface area contributed by atoms with Crippen LogP contribution in [0.4, 0.5) is 0 Å². The van der Waals surface area contributed by atoms with Crippen molar-refractivity contribution in [3.63, 3.8) is 0 Å². The maximum Gasteiger partial charge on any atom is 0.340 e. The van der Waals surface area contributed by atoms with E-state index in [1.165, 1.54) is 19.1 Å². The minimum atomic E-state index is -1.10. The highest BCUT2D eigenvalue weighted by atomic mass is 16.5. The zero-order chi connectivity index (χ0) is 25.3. The van der Waals surface area contributed by atoms with Gasteiger partial charge >= 0.3 is 11.9 Å². The van der Waals surface area contributed by atoms with Crippen LogP contribution in [-0.4, -0.2) is 45.0 Å². The number of carbonyl (C=O) groups is 3. The molecule has 1 aliphatic rings. The molecule has 0 bridgehead atoms. The molecule has 0 unspecified atom stereocenters. The molecule has 1 aliphatic heterocycles.